The van der Waals surface area contributed by atoms with Gasteiger partial charge in [0.2, 0.25) is 10.0 Å². The van der Waals surface area contributed by atoms with E-state index in [-0.39, 0.29) is 0 Å². The summed E-state index contributed by atoms with van der Waals surface area (Å²) in [5.74, 6) is 0.557. The molecule has 8 heteroatoms. The summed E-state index contributed by atoms with van der Waals surface area (Å²) in [4.78, 5) is -0.796. The highest BCUT2D eigenvalue weighted by Gasteiger charge is 2.37. The average molecular weight is 373 g/mol. The average Bonchev–Trinajstić information content (AvgIpc) is 2.54. The number of alkyl halides is 3. The Balaban J connectivity index is 2.32. The van der Waals surface area contributed by atoms with Crippen molar-refractivity contribution < 1.29 is 26.3 Å². The Bertz CT molecular complexity index is 835. The monoisotopic (exact) mass is 373 g/mol. The van der Waals surface area contributed by atoms with Crippen molar-refractivity contribution in [3.8, 4) is 5.75 Å². The molecule has 0 amide bonds. The van der Waals surface area contributed by atoms with Gasteiger partial charge in [-0.15, -0.1) is 0 Å². The zero-order valence-electron chi connectivity index (χ0n) is 13.7. The third-order valence-electron chi connectivity index (χ3n) is 3.48. The van der Waals surface area contributed by atoms with E-state index in [4.69, 9.17) is 4.74 Å². The fourth-order valence-electron chi connectivity index (χ4n) is 2.34. The highest BCUT2D eigenvalue weighted by atomic mass is 32.2. The molecule has 4 nitrogen and oxygen atoms in total. The molecule has 1 unspecified atom stereocenters. The lowest BCUT2D eigenvalue weighted by Crippen LogP contribution is -2.29. The van der Waals surface area contributed by atoms with Crippen molar-refractivity contribution in [2.75, 3.05) is 6.61 Å². The third-order valence-corrected chi connectivity index (χ3v) is 5.08. The van der Waals surface area contributed by atoms with Crippen LogP contribution in [0.4, 0.5) is 13.2 Å². The zero-order chi connectivity index (χ0) is 18.7. The summed E-state index contributed by atoms with van der Waals surface area (Å²) in [6, 6.07) is 10.1. The molecule has 0 saturated carbocycles. The predicted molar refractivity (Wildman–Crippen MR) is 87.8 cm³/mol. The Hall–Kier alpha value is -2.06. The van der Waals surface area contributed by atoms with Crippen LogP contribution in [0.1, 0.15) is 31.0 Å². The molecule has 0 bridgehead atoms. The Morgan fingerprint density at radius 1 is 1.12 bits per heavy atom. The van der Waals surface area contributed by atoms with Crippen LogP contribution in [0.5, 0.6) is 5.75 Å². The van der Waals surface area contributed by atoms with Gasteiger partial charge in [-0.1, -0.05) is 24.3 Å². The van der Waals surface area contributed by atoms with Gasteiger partial charge in [-0.3, -0.25) is 0 Å². The van der Waals surface area contributed by atoms with Gasteiger partial charge in [0.05, 0.1) is 17.1 Å². The first-order chi connectivity index (χ1) is 11.6. The van der Waals surface area contributed by atoms with Crippen molar-refractivity contribution >= 4 is 10.0 Å². The third kappa shape index (κ3) is 4.73. The van der Waals surface area contributed by atoms with Gasteiger partial charge in [-0.2, -0.15) is 13.2 Å². The fraction of sp³-hybridized carbons (Fsp3) is 0.294. The van der Waals surface area contributed by atoms with Crippen LogP contribution in [0.25, 0.3) is 0 Å². The number of ether oxygens (including phenoxy) is 1. The second-order valence-corrected chi connectivity index (χ2v) is 7.02. The quantitative estimate of drug-likeness (QED) is 0.828. The summed E-state index contributed by atoms with van der Waals surface area (Å²) in [7, 11) is -4.36. The minimum absolute atomic E-state index is 0.447. The Labute approximate surface area is 144 Å². The Kier molecular flexibility index (Phi) is 5.74. The SMILES string of the molecule is CCOc1cccc(C(C)NS(=O)(=O)c2ccccc2C(F)(F)F)c1. The van der Waals surface area contributed by atoms with Crippen LogP contribution in [-0.4, -0.2) is 15.0 Å². The summed E-state index contributed by atoms with van der Waals surface area (Å²) < 4.78 is 71.7. The molecule has 1 atom stereocenters. The lowest BCUT2D eigenvalue weighted by molar-refractivity contribution is -0.139. The smallest absolute Gasteiger partial charge is 0.417 e. The lowest BCUT2D eigenvalue weighted by atomic mass is 10.1. The molecular weight excluding hydrogens is 355 g/mol. The number of nitrogens with one attached hydrogen (secondary N) is 1. The zero-order valence-corrected chi connectivity index (χ0v) is 14.5. The van der Waals surface area contributed by atoms with Crippen molar-refractivity contribution in [1.29, 1.82) is 0 Å². The maximum Gasteiger partial charge on any atom is 0.417 e. The highest BCUT2D eigenvalue weighted by Crippen LogP contribution is 2.34. The van der Waals surface area contributed by atoms with E-state index in [1.807, 2.05) is 6.92 Å². The van der Waals surface area contributed by atoms with Gasteiger partial charge < -0.3 is 4.74 Å². The molecule has 0 aliphatic heterocycles. The van der Waals surface area contributed by atoms with Gasteiger partial charge in [0, 0.05) is 6.04 Å². The maximum absolute atomic E-state index is 13.1. The van der Waals surface area contributed by atoms with Crippen LogP contribution in [0.3, 0.4) is 0 Å². The molecule has 0 aromatic heterocycles. The minimum Gasteiger partial charge on any atom is -0.494 e. The van der Waals surface area contributed by atoms with E-state index in [0.717, 1.165) is 18.2 Å². The van der Waals surface area contributed by atoms with Gasteiger partial charge in [-0.05, 0) is 43.7 Å². The van der Waals surface area contributed by atoms with Crippen LogP contribution in [0.15, 0.2) is 53.4 Å². The van der Waals surface area contributed by atoms with Crippen LogP contribution in [0.2, 0.25) is 0 Å². The largest absolute Gasteiger partial charge is 0.494 e. The van der Waals surface area contributed by atoms with E-state index < -0.39 is 32.7 Å². The molecule has 0 fully saturated rings. The Morgan fingerprint density at radius 2 is 1.80 bits per heavy atom. The molecule has 0 aliphatic rings. The Morgan fingerprint density at radius 3 is 2.44 bits per heavy atom. The summed E-state index contributed by atoms with van der Waals surface area (Å²) >= 11 is 0. The van der Waals surface area contributed by atoms with Crippen LogP contribution >= 0.6 is 0 Å². The lowest BCUT2D eigenvalue weighted by Gasteiger charge is -2.18. The van der Waals surface area contributed by atoms with Crippen LogP contribution < -0.4 is 9.46 Å². The number of sulfonamides is 1. The van der Waals surface area contributed by atoms with Crippen LogP contribution in [0, 0.1) is 0 Å². The molecule has 2 rings (SSSR count). The fourth-order valence-corrected chi connectivity index (χ4v) is 3.80. The minimum atomic E-state index is -4.76. The number of halogens is 3. The number of rotatable bonds is 6. The molecule has 25 heavy (non-hydrogen) atoms. The molecule has 0 aliphatic carbocycles. The van der Waals surface area contributed by atoms with E-state index >= 15 is 0 Å². The number of hydrogen-bond donors (Lipinski definition) is 1. The summed E-state index contributed by atoms with van der Waals surface area (Å²) in [6.07, 6.45) is -4.76. The van der Waals surface area contributed by atoms with E-state index in [2.05, 4.69) is 4.72 Å². The molecule has 2 aromatic rings. The number of benzene rings is 2. The van der Waals surface area contributed by atoms with E-state index in [1.54, 1.807) is 31.2 Å². The maximum atomic E-state index is 13.1. The molecule has 136 valence electrons. The summed E-state index contributed by atoms with van der Waals surface area (Å²) in [6.45, 7) is 3.81. The van der Waals surface area contributed by atoms with Crippen molar-refractivity contribution in [2.24, 2.45) is 0 Å². The van der Waals surface area contributed by atoms with Gasteiger partial charge in [0.25, 0.3) is 0 Å². The molecule has 0 heterocycles. The predicted octanol–water partition coefficient (Wildman–Crippen LogP) is 4.14. The second kappa shape index (κ2) is 7.45. The first kappa shape index (κ1) is 19.3. The molecular formula is C17H18F3NO3S. The van der Waals surface area contributed by atoms with Gasteiger partial charge in [0.15, 0.2) is 0 Å². The van der Waals surface area contributed by atoms with Crippen molar-refractivity contribution in [1.82, 2.24) is 4.72 Å². The highest BCUT2D eigenvalue weighted by molar-refractivity contribution is 7.89. The molecule has 0 saturated heterocycles. The molecule has 0 spiro atoms. The molecule has 0 radical (unpaired) electrons. The van der Waals surface area contributed by atoms with Gasteiger partial charge in [0.1, 0.15) is 5.75 Å². The summed E-state index contributed by atoms with van der Waals surface area (Å²) in [5, 5.41) is 0. The van der Waals surface area contributed by atoms with Crippen molar-refractivity contribution in [3.63, 3.8) is 0 Å². The van der Waals surface area contributed by atoms with E-state index in [1.165, 1.54) is 6.07 Å². The summed E-state index contributed by atoms with van der Waals surface area (Å²) in [5.41, 5.74) is -0.614. The standard InChI is InChI=1S/C17H18F3NO3S/c1-3-24-14-8-6-7-13(11-14)12(2)21-25(22,23)16-10-5-4-9-15(16)17(18,19)20/h4-12,21H,3H2,1-2H3. The first-order valence-electron chi connectivity index (χ1n) is 7.56. The topological polar surface area (TPSA) is 55.4 Å². The molecule has 1 N–H and O–H groups in total. The molecule has 2 aromatic carbocycles. The van der Waals surface area contributed by atoms with Crippen LogP contribution in [-0.2, 0) is 16.2 Å². The number of hydrogen-bond acceptors (Lipinski definition) is 3. The second-order valence-electron chi connectivity index (χ2n) is 5.34. The normalized spacial score (nSPS) is 13.5. The van der Waals surface area contributed by atoms with Gasteiger partial charge in [-0.25, -0.2) is 13.1 Å². The van der Waals surface area contributed by atoms with E-state index in [0.29, 0.717) is 17.9 Å². The van der Waals surface area contributed by atoms with E-state index in [9.17, 15) is 21.6 Å². The first-order valence-corrected chi connectivity index (χ1v) is 9.05. The van der Waals surface area contributed by atoms with Gasteiger partial charge >= 0.3 is 6.18 Å². The van der Waals surface area contributed by atoms with Crippen molar-refractivity contribution in [3.05, 3.63) is 59.7 Å². The van der Waals surface area contributed by atoms with Crippen molar-refractivity contribution in [2.45, 2.75) is 31.0 Å².